The maximum absolute atomic E-state index is 12.8. The molecule has 0 N–H and O–H groups in total. The lowest BCUT2D eigenvalue weighted by Crippen LogP contribution is -2.30. The first kappa shape index (κ1) is 56.4. The first-order valence-corrected chi connectivity index (χ1v) is 25.9. The van der Waals surface area contributed by atoms with Crippen molar-refractivity contribution in [3.63, 3.8) is 0 Å². The van der Waals surface area contributed by atoms with Crippen LogP contribution in [0.2, 0.25) is 0 Å². The van der Waals surface area contributed by atoms with Gasteiger partial charge in [-0.3, -0.25) is 14.4 Å². The number of rotatable bonds is 47. The first-order chi connectivity index (χ1) is 28.4. The third-order valence-electron chi connectivity index (χ3n) is 11.8. The van der Waals surface area contributed by atoms with E-state index >= 15 is 0 Å². The highest BCUT2D eigenvalue weighted by Crippen LogP contribution is 2.17. The third-order valence-corrected chi connectivity index (χ3v) is 11.8. The van der Waals surface area contributed by atoms with Gasteiger partial charge in [0.25, 0.3) is 0 Å². The average molecular weight is 821 g/mol. The Morgan fingerprint density at radius 3 is 0.845 bits per heavy atom. The van der Waals surface area contributed by atoms with Crippen molar-refractivity contribution in [2.75, 3.05) is 13.2 Å². The predicted molar refractivity (Wildman–Crippen MR) is 247 cm³/mol. The minimum atomic E-state index is -0.760. The van der Waals surface area contributed by atoms with E-state index in [4.69, 9.17) is 14.2 Å². The van der Waals surface area contributed by atoms with Crippen molar-refractivity contribution < 1.29 is 28.6 Å². The summed E-state index contributed by atoms with van der Waals surface area (Å²) in [4.78, 5) is 37.9. The molecule has 0 saturated heterocycles. The van der Waals surface area contributed by atoms with Crippen LogP contribution >= 0.6 is 0 Å². The zero-order chi connectivity index (χ0) is 42.4. The molecule has 0 spiro atoms. The Bertz CT molecular complexity index is 872. The Labute approximate surface area is 361 Å². The summed E-state index contributed by atoms with van der Waals surface area (Å²) in [6.07, 6.45) is 48.0. The topological polar surface area (TPSA) is 78.9 Å². The highest BCUT2D eigenvalue weighted by molar-refractivity contribution is 5.71. The molecule has 0 radical (unpaired) electrons. The molecule has 0 aliphatic carbocycles. The second-order valence-corrected chi connectivity index (χ2v) is 18.3. The van der Waals surface area contributed by atoms with Crippen LogP contribution in [0.4, 0.5) is 0 Å². The quantitative estimate of drug-likeness (QED) is 0.0346. The molecule has 344 valence electrons. The van der Waals surface area contributed by atoms with E-state index in [0.29, 0.717) is 19.3 Å². The molecular weight excluding hydrogens is 721 g/mol. The van der Waals surface area contributed by atoms with Crippen molar-refractivity contribution in [2.45, 2.75) is 297 Å². The molecule has 0 bridgehead atoms. The molecule has 1 atom stereocenters. The SMILES string of the molecule is CCCCCCCCCCCCCCCCCCC(=O)OC[C@@H](COC(=O)CCCCCCCCCCC(C)C)OC(=O)CCCCCCCCCCCCCCC. The number of unbranched alkanes of at least 4 members (excludes halogenated alkanes) is 34. The van der Waals surface area contributed by atoms with Crippen molar-refractivity contribution in [3.8, 4) is 0 Å². The second kappa shape index (κ2) is 46.5. The van der Waals surface area contributed by atoms with Gasteiger partial charge in [0, 0.05) is 19.3 Å². The van der Waals surface area contributed by atoms with Gasteiger partial charge < -0.3 is 14.2 Å². The number of hydrogen-bond acceptors (Lipinski definition) is 6. The summed E-state index contributed by atoms with van der Waals surface area (Å²) < 4.78 is 16.8. The Morgan fingerprint density at radius 1 is 0.328 bits per heavy atom. The van der Waals surface area contributed by atoms with Crippen LogP contribution in [0.5, 0.6) is 0 Å². The van der Waals surface area contributed by atoms with Crippen LogP contribution in [0.25, 0.3) is 0 Å². The van der Waals surface area contributed by atoms with E-state index in [2.05, 4.69) is 27.7 Å². The van der Waals surface area contributed by atoms with Crippen LogP contribution in [-0.4, -0.2) is 37.2 Å². The van der Waals surface area contributed by atoms with Crippen molar-refractivity contribution in [1.82, 2.24) is 0 Å². The van der Waals surface area contributed by atoms with E-state index < -0.39 is 6.10 Å². The van der Waals surface area contributed by atoms with Gasteiger partial charge >= 0.3 is 17.9 Å². The van der Waals surface area contributed by atoms with Crippen molar-refractivity contribution >= 4 is 17.9 Å². The van der Waals surface area contributed by atoms with Crippen molar-refractivity contribution in [3.05, 3.63) is 0 Å². The van der Waals surface area contributed by atoms with Gasteiger partial charge in [-0.25, -0.2) is 0 Å². The van der Waals surface area contributed by atoms with Gasteiger partial charge in [-0.15, -0.1) is 0 Å². The summed E-state index contributed by atoms with van der Waals surface area (Å²) in [6.45, 7) is 8.99. The molecule has 0 aromatic carbocycles. The molecule has 6 nitrogen and oxygen atoms in total. The Kier molecular flexibility index (Phi) is 45.2. The lowest BCUT2D eigenvalue weighted by atomic mass is 10.0. The predicted octanol–water partition coefficient (Wildman–Crippen LogP) is 16.7. The molecule has 6 heteroatoms. The van der Waals surface area contributed by atoms with Crippen molar-refractivity contribution in [2.24, 2.45) is 5.92 Å². The van der Waals surface area contributed by atoms with Gasteiger partial charge in [0.15, 0.2) is 6.10 Å². The molecule has 0 aromatic heterocycles. The molecule has 58 heavy (non-hydrogen) atoms. The lowest BCUT2D eigenvalue weighted by Gasteiger charge is -2.18. The maximum Gasteiger partial charge on any atom is 0.306 e. The summed E-state index contributed by atoms with van der Waals surface area (Å²) in [5.74, 6) is -0.0495. The number of esters is 3. The van der Waals surface area contributed by atoms with Crippen LogP contribution < -0.4 is 0 Å². The molecular formula is C52H100O6. The number of hydrogen-bond donors (Lipinski definition) is 0. The molecule has 0 aliphatic rings. The molecule has 0 saturated carbocycles. The highest BCUT2D eigenvalue weighted by atomic mass is 16.6. The van der Waals surface area contributed by atoms with Crippen LogP contribution in [0, 0.1) is 5.92 Å². The van der Waals surface area contributed by atoms with Gasteiger partial charge in [0.2, 0.25) is 0 Å². The summed E-state index contributed by atoms with van der Waals surface area (Å²) >= 11 is 0. The third kappa shape index (κ3) is 45.5. The lowest BCUT2D eigenvalue weighted by molar-refractivity contribution is -0.167. The highest BCUT2D eigenvalue weighted by Gasteiger charge is 2.19. The van der Waals surface area contributed by atoms with E-state index in [9.17, 15) is 14.4 Å². The van der Waals surface area contributed by atoms with Gasteiger partial charge in [0.05, 0.1) is 0 Å². The fourth-order valence-corrected chi connectivity index (χ4v) is 7.86. The van der Waals surface area contributed by atoms with Gasteiger partial charge in [-0.1, -0.05) is 252 Å². The van der Waals surface area contributed by atoms with E-state index in [1.807, 2.05) is 0 Å². The van der Waals surface area contributed by atoms with E-state index in [-0.39, 0.29) is 31.1 Å². The molecule has 0 aliphatic heterocycles. The van der Waals surface area contributed by atoms with E-state index in [1.165, 1.54) is 186 Å². The van der Waals surface area contributed by atoms with Crippen LogP contribution in [-0.2, 0) is 28.6 Å². The molecule has 0 unspecified atom stereocenters. The summed E-state index contributed by atoms with van der Waals surface area (Å²) in [5.41, 5.74) is 0. The van der Waals surface area contributed by atoms with E-state index in [0.717, 1.165) is 63.7 Å². The van der Waals surface area contributed by atoms with Crippen LogP contribution in [0.3, 0.4) is 0 Å². The Hall–Kier alpha value is -1.59. The molecule has 0 fully saturated rings. The van der Waals surface area contributed by atoms with E-state index in [1.54, 1.807) is 0 Å². The number of carbonyl (C=O) groups excluding carboxylic acids is 3. The molecule has 0 heterocycles. The zero-order valence-electron chi connectivity index (χ0n) is 39.5. The smallest absolute Gasteiger partial charge is 0.306 e. The van der Waals surface area contributed by atoms with Gasteiger partial charge in [-0.2, -0.15) is 0 Å². The van der Waals surface area contributed by atoms with Crippen LogP contribution in [0.1, 0.15) is 291 Å². The maximum atomic E-state index is 12.8. The number of ether oxygens (including phenoxy) is 3. The van der Waals surface area contributed by atoms with Gasteiger partial charge in [-0.05, 0) is 25.2 Å². The Morgan fingerprint density at radius 2 is 0.569 bits per heavy atom. The van der Waals surface area contributed by atoms with Crippen LogP contribution in [0.15, 0.2) is 0 Å². The zero-order valence-corrected chi connectivity index (χ0v) is 39.5. The average Bonchev–Trinajstić information content (AvgIpc) is 3.21. The minimum absolute atomic E-state index is 0.0630. The largest absolute Gasteiger partial charge is 0.462 e. The molecule has 0 amide bonds. The monoisotopic (exact) mass is 821 g/mol. The number of carbonyl (C=O) groups is 3. The van der Waals surface area contributed by atoms with Gasteiger partial charge in [0.1, 0.15) is 13.2 Å². The minimum Gasteiger partial charge on any atom is -0.462 e. The fraction of sp³-hybridized carbons (Fsp3) is 0.942. The Balaban J connectivity index is 4.29. The molecule has 0 aromatic rings. The first-order valence-electron chi connectivity index (χ1n) is 25.9. The fourth-order valence-electron chi connectivity index (χ4n) is 7.86. The summed E-state index contributed by atoms with van der Waals surface area (Å²) in [7, 11) is 0. The molecule has 0 rings (SSSR count). The normalized spacial score (nSPS) is 11.9. The standard InChI is InChI=1S/C52H100O6/c1-5-7-9-11-13-15-17-19-20-21-23-24-26-31-35-39-43-50(53)56-46-49(47-57-51(54)44-40-36-32-29-28-30-34-38-42-48(3)4)58-52(55)45-41-37-33-27-25-22-18-16-14-12-10-8-6-2/h48-49H,5-47H2,1-4H3/t49-/m0/s1. The summed E-state index contributed by atoms with van der Waals surface area (Å²) in [6, 6.07) is 0. The summed E-state index contributed by atoms with van der Waals surface area (Å²) in [5, 5.41) is 0. The van der Waals surface area contributed by atoms with Crippen molar-refractivity contribution in [1.29, 1.82) is 0 Å². The second-order valence-electron chi connectivity index (χ2n) is 18.3.